The first-order valence-electron chi connectivity index (χ1n) is 8.05. The Morgan fingerprint density at radius 3 is 2.67 bits per heavy atom. The lowest BCUT2D eigenvalue weighted by Crippen LogP contribution is -2.51. The first kappa shape index (κ1) is 12.4. The van der Waals surface area contributed by atoms with E-state index < -0.39 is 0 Å². The SMILES string of the molecule is OC1CN(c2nc(C3CC3)nc3sc4c(c23)CCCC4)C1. The van der Waals surface area contributed by atoms with E-state index in [-0.39, 0.29) is 6.10 Å². The van der Waals surface area contributed by atoms with Gasteiger partial charge in [0.05, 0.1) is 11.5 Å². The first-order valence-corrected chi connectivity index (χ1v) is 8.86. The van der Waals surface area contributed by atoms with Crippen LogP contribution in [0.15, 0.2) is 0 Å². The second kappa shape index (κ2) is 4.40. The molecule has 21 heavy (non-hydrogen) atoms. The lowest BCUT2D eigenvalue weighted by molar-refractivity contribution is 0.141. The van der Waals surface area contributed by atoms with Crippen molar-refractivity contribution in [2.75, 3.05) is 18.0 Å². The fraction of sp³-hybridized carbons (Fsp3) is 0.625. The number of thiophene rings is 1. The van der Waals surface area contributed by atoms with Crippen LogP contribution in [0.3, 0.4) is 0 Å². The molecule has 2 aliphatic carbocycles. The molecule has 3 heterocycles. The zero-order valence-electron chi connectivity index (χ0n) is 12.0. The van der Waals surface area contributed by atoms with Crippen LogP contribution in [0.2, 0.25) is 0 Å². The van der Waals surface area contributed by atoms with Crippen molar-refractivity contribution in [2.45, 2.75) is 50.5 Å². The Labute approximate surface area is 127 Å². The number of fused-ring (bicyclic) bond motifs is 3. The third-order valence-corrected chi connectivity index (χ3v) is 6.10. The lowest BCUT2D eigenvalue weighted by atomic mass is 9.96. The molecule has 0 radical (unpaired) electrons. The molecule has 0 amide bonds. The molecular weight excluding hydrogens is 282 g/mol. The maximum Gasteiger partial charge on any atom is 0.141 e. The van der Waals surface area contributed by atoms with Crippen molar-refractivity contribution in [3.63, 3.8) is 0 Å². The summed E-state index contributed by atoms with van der Waals surface area (Å²) in [4.78, 5) is 14.7. The van der Waals surface area contributed by atoms with Gasteiger partial charge in [0, 0.05) is 23.9 Å². The number of nitrogens with zero attached hydrogens (tertiary/aromatic N) is 3. The van der Waals surface area contributed by atoms with Gasteiger partial charge < -0.3 is 10.0 Å². The van der Waals surface area contributed by atoms with E-state index in [4.69, 9.17) is 9.97 Å². The summed E-state index contributed by atoms with van der Waals surface area (Å²) >= 11 is 1.89. The standard InChI is InChI=1S/C16H19N3OS/c20-10-7-19(8-10)15-13-11-3-1-2-4-12(11)21-16(13)18-14(17-15)9-5-6-9/h9-10,20H,1-8H2. The van der Waals surface area contributed by atoms with Gasteiger partial charge in [-0.1, -0.05) is 0 Å². The van der Waals surface area contributed by atoms with Gasteiger partial charge >= 0.3 is 0 Å². The highest BCUT2D eigenvalue weighted by atomic mass is 32.1. The van der Waals surface area contributed by atoms with Crippen LogP contribution in [0, 0.1) is 0 Å². The van der Waals surface area contributed by atoms with Crippen LogP contribution in [0.1, 0.15) is 47.9 Å². The van der Waals surface area contributed by atoms with Gasteiger partial charge in [-0.25, -0.2) is 9.97 Å². The molecule has 0 spiro atoms. The summed E-state index contributed by atoms with van der Waals surface area (Å²) in [5, 5.41) is 10.9. The first-order chi connectivity index (χ1) is 10.3. The number of β-amino-alcohol motifs (C(OH)–C–C–N with tert-alkyl or cyclic N) is 1. The molecule has 1 saturated carbocycles. The van der Waals surface area contributed by atoms with Crippen LogP contribution in [-0.4, -0.2) is 34.3 Å². The van der Waals surface area contributed by atoms with E-state index >= 15 is 0 Å². The van der Waals surface area contributed by atoms with Gasteiger partial charge in [0.15, 0.2) is 0 Å². The number of hydrogen-bond donors (Lipinski definition) is 1. The van der Waals surface area contributed by atoms with Crippen molar-refractivity contribution in [1.82, 2.24) is 9.97 Å². The average Bonchev–Trinajstić information content (AvgIpc) is 3.24. The maximum absolute atomic E-state index is 9.65. The van der Waals surface area contributed by atoms with Gasteiger partial charge in [-0.3, -0.25) is 0 Å². The minimum Gasteiger partial charge on any atom is -0.389 e. The van der Waals surface area contributed by atoms with Gasteiger partial charge in [0.1, 0.15) is 16.5 Å². The van der Waals surface area contributed by atoms with Crippen LogP contribution in [0.5, 0.6) is 0 Å². The van der Waals surface area contributed by atoms with E-state index in [2.05, 4.69) is 4.90 Å². The summed E-state index contributed by atoms with van der Waals surface area (Å²) in [6.45, 7) is 1.45. The summed E-state index contributed by atoms with van der Waals surface area (Å²) in [6.07, 6.45) is 7.25. The second-order valence-corrected chi connectivity index (χ2v) is 7.71. The summed E-state index contributed by atoms with van der Waals surface area (Å²) in [5.41, 5.74) is 1.50. The highest BCUT2D eigenvalue weighted by Crippen LogP contribution is 2.44. The van der Waals surface area contributed by atoms with E-state index in [1.54, 1.807) is 0 Å². The van der Waals surface area contributed by atoms with Crippen molar-refractivity contribution in [1.29, 1.82) is 0 Å². The van der Waals surface area contributed by atoms with Crippen LogP contribution in [0.4, 0.5) is 5.82 Å². The summed E-state index contributed by atoms with van der Waals surface area (Å²) in [5.74, 6) is 2.72. The zero-order valence-corrected chi connectivity index (χ0v) is 12.8. The fourth-order valence-electron chi connectivity index (χ4n) is 3.54. The number of aromatic nitrogens is 2. The van der Waals surface area contributed by atoms with Crippen LogP contribution >= 0.6 is 11.3 Å². The quantitative estimate of drug-likeness (QED) is 0.926. The van der Waals surface area contributed by atoms with Gasteiger partial charge in [-0.05, 0) is 44.1 Å². The number of aliphatic hydroxyl groups excluding tert-OH is 1. The van der Waals surface area contributed by atoms with Crippen molar-refractivity contribution in [3.8, 4) is 0 Å². The number of anilines is 1. The summed E-state index contributed by atoms with van der Waals surface area (Å²) < 4.78 is 0. The predicted octanol–water partition coefficient (Wildman–Crippen LogP) is 2.63. The van der Waals surface area contributed by atoms with Crippen LogP contribution in [-0.2, 0) is 12.8 Å². The van der Waals surface area contributed by atoms with E-state index in [1.807, 2.05) is 11.3 Å². The Morgan fingerprint density at radius 2 is 1.90 bits per heavy atom. The zero-order chi connectivity index (χ0) is 14.0. The summed E-state index contributed by atoms with van der Waals surface area (Å²) in [6, 6.07) is 0. The second-order valence-electron chi connectivity index (χ2n) is 6.63. The van der Waals surface area contributed by atoms with Gasteiger partial charge in [0.2, 0.25) is 0 Å². The third-order valence-electron chi connectivity index (χ3n) is 4.92. The molecule has 0 bridgehead atoms. The molecule has 1 saturated heterocycles. The number of aliphatic hydroxyl groups is 1. The Kier molecular flexibility index (Phi) is 2.59. The molecule has 2 fully saturated rings. The van der Waals surface area contributed by atoms with Crippen LogP contribution in [0.25, 0.3) is 10.2 Å². The normalized spacial score (nSPS) is 22.4. The molecular formula is C16H19N3OS. The Balaban J connectivity index is 1.71. The lowest BCUT2D eigenvalue weighted by Gasteiger charge is -2.37. The number of rotatable bonds is 2. The van der Waals surface area contributed by atoms with Crippen LogP contribution < -0.4 is 4.90 Å². The molecule has 1 aliphatic heterocycles. The topological polar surface area (TPSA) is 49.2 Å². The van der Waals surface area contributed by atoms with Gasteiger partial charge in [-0.2, -0.15) is 0 Å². The minimum absolute atomic E-state index is 0.186. The smallest absolute Gasteiger partial charge is 0.141 e. The van der Waals surface area contributed by atoms with E-state index in [0.29, 0.717) is 5.92 Å². The van der Waals surface area contributed by atoms with Crippen molar-refractivity contribution >= 4 is 27.4 Å². The van der Waals surface area contributed by atoms with Crippen molar-refractivity contribution < 1.29 is 5.11 Å². The molecule has 5 rings (SSSR count). The molecule has 0 atom stereocenters. The molecule has 0 unspecified atom stereocenters. The number of aryl methyl sites for hydroxylation is 2. The molecule has 110 valence electrons. The monoisotopic (exact) mass is 301 g/mol. The molecule has 1 N–H and O–H groups in total. The molecule has 2 aromatic heterocycles. The number of hydrogen-bond acceptors (Lipinski definition) is 5. The molecule has 0 aromatic carbocycles. The largest absolute Gasteiger partial charge is 0.389 e. The molecule has 4 nitrogen and oxygen atoms in total. The molecule has 2 aromatic rings. The third kappa shape index (κ3) is 1.90. The maximum atomic E-state index is 9.65. The van der Waals surface area contributed by atoms with E-state index in [0.717, 1.165) is 24.7 Å². The Bertz CT molecular complexity index is 716. The van der Waals surface area contributed by atoms with Gasteiger partial charge in [0.25, 0.3) is 0 Å². The van der Waals surface area contributed by atoms with Crippen molar-refractivity contribution in [3.05, 3.63) is 16.3 Å². The highest BCUT2D eigenvalue weighted by molar-refractivity contribution is 7.19. The predicted molar refractivity (Wildman–Crippen MR) is 84.3 cm³/mol. The summed E-state index contributed by atoms with van der Waals surface area (Å²) in [7, 11) is 0. The molecule has 5 heteroatoms. The minimum atomic E-state index is -0.186. The molecule has 3 aliphatic rings. The van der Waals surface area contributed by atoms with Crippen molar-refractivity contribution in [2.24, 2.45) is 0 Å². The Morgan fingerprint density at radius 1 is 1.10 bits per heavy atom. The van der Waals surface area contributed by atoms with E-state index in [9.17, 15) is 5.11 Å². The average molecular weight is 301 g/mol. The highest BCUT2D eigenvalue weighted by Gasteiger charge is 2.33. The fourth-order valence-corrected chi connectivity index (χ4v) is 4.80. The van der Waals surface area contributed by atoms with Gasteiger partial charge in [-0.15, -0.1) is 11.3 Å². The Hall–Kier alpha value is -1.20. The van der Waals surface area contributed by atoms with E-state index in [1.165, 1.54) is 59.2 Å².